The second-order valence-corrected chi connectivity index (χ2v) is 5.22. The number of furan rings is 1. The number of unbranched alkanes of at least 4 members (excludes halogenated alkanes) is 2. The Morgan fingerprint density at radius 3 is 2.73 bits per heavy atom. The third kappa shape index (κ3) is 5.11. The zero-order chi connectivity index (χ0) is 15.6. The van der Waals surface area contributed by atoms with E-state index in [1.54, 1.807) is 13.4 Å². The monoisotopic (exact) mass is 303 g/mol. The minimum atomic E-state index is 0.714. The maximum Gasteiger partial charge on any atom is 0.161 e. The number of hydrogen-bond acceptors (Lipinski definition) is 4. The fourth-order valence-corrected chi connectivity index (χ4v) is 2.22. The van der Waals surface area contributed by atoms with Gasteiger partial charge in [0.05, 0.1) is 26.5 Å². The average molecular weight is 303 g/mol. The van der Waals surface area contributed by atoms with E-state index in [2.05, 4.69) is 12.2 Å². The molecule has 0 saturated heterocycles. The normalized spacial score (nSPS) is 10.6. The summed E-state index contributed by atoms with van der Waals surface area (Å²) >= 11 is 0. The SMILES string of the molecule is CCCCCOc1cc(CNCc2ccco2)ccc1OC. The van der Waals surface area contributed by atoms with Gasteiger partial charge in [0.2, 0.25) is 0 Å². The van der Waals surface area contributed by atoms with Gasteiger partial charge in [-0.1, -0.05) is 25.8 Å². The summed E-state index contributed by atoms with van der Waals surface area (Å²) in [6.07, 6.45) is 5.14. The van der Waals surface area contributed by atoms with Crippen LogP contribution in [0.1, 0.15) is 37.5 Å². The fraction of sp³-hybridized carbons (Fsp3) is 0.444. The van der Waals surface area contributed by atoms with Crippen LogP contribution >= 0.6 is 0 Å². The molecule has 0 aliphatic carbocycles. The molecule has 2 aromatic rings. The molecule has 0 spiro atoms. The molecule has 0 aliphatic rings. The van der Waals surface area contributed by atoms with Crippen LogP contribution in [0.15, 0.2) is 41.0 Å². The van der Waals surface area contributed by atoms with Gasteiger partial charge >= 0.3 is 0 Å². The van der Waals surface area contributed by atoms with Crippen LogP contribution in [0.2, 0.25) is 0 Å². The number of ether oxygens (including phenoxy) is 2. The van der Waals surface area contributed by atoms with E-state index in [9.17, 15) is 0 Å². The Kier molecular flexibility index (Phi) is 6.84. The van der Waals surface area contributed by atoms with Crippen molar-refractivity contribution >= 4 is 0 Å². The van der Waals surface area contributed by atoms with Crippen molar-refractivity contribution in [2.24, 2.45) is 0 Å². The molecule has 0 atom stereocenters. The Morgan fingerprint density at radius 1 is 1.09 bits per heavy atom. The second kappa shape index (κ2) is 9.15. The van der Waals surface area contributed by atoms with E-state index >= 15 is 0 Å². The molecule has 22 heavy (non-hydrogen) atoms. The Morgan fingerprint density at radius 2 is 2.00 bits per heavy atom. The largest absolute Gasteiger partial charge is 0.493 e. The highest BCUT2D eigenvalue weighted by Gasteiger charge is 2.06. The topological polar surface area (TPSA) is 43.6 Å². The summed E-state index contributed by atoms with van der Waals surface area (Å²) < 4.78 is 16.5. The van der Waals surface area contributed by atoms with E-state index in [1.165, 1.54) is 12.8 Å². The molecule has 0 amide bonds. The van der Waals surface area contributed by atoms with Gasteiger partial charge in [0.15, 0.2) is 11.5 Å². The summed E-state index contributed by atoms with van der Waals surface area (Å²) in [5.41, 5.74) is 1.16. The van der Waals surface area contributed by atoms with E-state index in [0.717, 1.165) is 42.4 Å². The molecular weight excluding hydrogens is 278 g/mol. The van der Waals surface area contributed by atoms with E-state index in [4.69, 9.17) is 13.9 Å². The van der Waals surface area contributed by atoms with Crippen LogP contribution in [0.3, 0.4) is 0 Å². The first kappa shape index (κ1) is 16.4. The van der Waals surface area contributed by atoms with Gasteiger partial charge in [-0.2, -0.15) is 0 Å². The highest BCUT2D eigenvalue weighted by atomic mass is 16.5. The number of rotatable bonds is 10. The van der Waals surface area contributed by atoms with Crippen LogP contribution in [0.5, 0.6) is 11.5 Å². The average Bonchev–Trinajstić information content (AvgIpc) is 3.05. The van der Waals surface area contributed by atoms with Crippen LogP contribution in [0.25, 0.3) is 0 Å². The lowest BCUT2D eigenvalue weighted by Gasteiger charge is -2.12. The quantitative estimate of drug-likeness (QED) is 0.670. The molecule has 1 heterocycles. The van der Waals surface area contributed by atoms with Crippen molar-refractivity contribution in [3.8, 4) is 11.5 Å². The first-order valence-corrected chi connectivity index (χ1v) is 7.86. The molecule has 120 valence electrons. The lowest BCUT2D eigenvalue weighted by atomic mass is 10.2. The standard InChI is InChI=1S/C18H25NO3/c1-3-4-5-10-22-18-12-15(8-9-17(18)20-2)13-19-14-16-7-6-11-21-16/h6-9,11-12,19H,3-5,10,13-14H2,1-2H3. The van der Waals surface area contributed by atoms with E-state index < -0.39 is 0 Å². The van der Waals surface area contributed by atoms with Crippen LogP contribution in [-0.2, 0) is 13.1 Å². The second-order valence-electron chi connectivity index (χ2n) is 5.22. The summed E-state index contributed by atoms with van der Waals surface area (Å²) in [6, 6.07) is 9.90. The number of benzene rings is 1. The minimum absolute atomic E-state index is 0.714. The van der Waals surface area contributed by atoms with Crippen LogP contribution < -0.4 is 14.8 Å². The molecule has 4 nitrogen and oxygen atoms in total. The molecule has 0 unspecified atom stereocenters. The lowest BCUT2D eigenvalue weighted by Crippen LogP contribution is -2.12. The van der Waals surface area contributed by atoms with Gasteiger partial charge in [-0.05, 0) is 36.2 Å². The highest BCUT2D eigenvalue weighted by Crippen LogP contribution is 2.28. The Hall–Kier alpha value is -1.94. The number of hydrogen-bond donors (Lipinski definition) is 1. The van der Waals surface area contributed by atoms with Gasteiger partial charge in [0, 0.05) is 6.54 Å². The predicted octanol–water partition coefficient (Wildman–Crippen LogP) is 4.15. The Labute approximate surface area is 132 Å². The van der Waals surface area contributed by atoms with Crippen molar-refractivity contribution in [1.29, 1.82) is 0 Å². The maximum absolute atomic E-state index is 5.85. The summed E-state index contributed by atoms with van der Waals surface area (Å²) in [5.74, 6) is 2.53. The molecule has 0 radical (unpaired) electrons. The van der Waals surface area contributed by atoms with Crippen molar-refractivity contribution in [2.75, 3.05) is 13.7 Å². The van der Waals surface area contributed by atoms with Gasteiger partial charge in [-0.3, -0.25) is 0 Å². The molecule has 4 heteroatoms. The summed E-state index contributed by atoms with van der Waals surface area (Å²) in [6.45, 7) is 4.39. The molecule has 0 aliphatic heterocycles. The van der Waals surface area contributed by atoms with Crippen molar-refractivity contribution in [1.82, 2.24) is 5.32 Å². The minimum Gasteiger partial charge on any atom is -0.493 e. The molecule has 0 bridgehead atoms. The lowest BCUT2D eigenvalue weighted by molar-refractivity contribution is 0.285. The van der Waals surface area contributed by atoms with Crippen LogP contribution in [0.4, 0.5) is 0 Å². The molecule has 0 fully saturated rings. The Balaban J connectivity index is 1.87. The number of methoxy groups -OCH3 is 1. The molecule has 1 N–H and O–H groups in total. The maximum atomic E-state index is 5.85. The first-order valence-electron chi connectivity index (χ1n) is 7.86. The summed E-state index contributed by atoms with van der Waals surface area (Å²) in [4.78, 5) is 0. The molecule has 2 rings (SSSR count). The fourth-order valence-electron chi connectivity index (χ4n) is 2.22. The highest BCUT2D eigenvalue weighted by molar-refractivity contribution is 5.42. The van der Waals surface area contributed by atoms with Gasteiger partial charge in [0.25, 0.3) is 0 Å². The zero-order valence-corrected chi connectivity index (χ0v) is 13.4. The van der Waals surface area contributed by atoms with Gasteiger partial charge in [-0.15, -0.1) is 0 Å². The smallest absolute Gasteiger partial charge is 0.161 e. The van der Waals surface area contributed by atoms with Gasteiger partial charge < -0.3 is 19.2 Å². The van der Waals surface area contributed by atoms with Gasteiger partial charge in [-0.25, -0.2) is 0 Å². The third-order valence-electron chi connectivity index (χ3n) is 3.44. The Bertz CT molecular complexity index is 537. The molecule has 1 aromatic heterocycles. The van der Waals surface area contributed by atoms with Crippen LogP contribution in [0, 0.1) is 0 Å². The molecule has 0 saturated carbocycles. The van der Waals surface area contributed by atoms with Crippen molar-refractivity contribution in [3.05, 3.63) is 47.9 Å². The van der Waals surface area contributed by atoms with Crippen molar-refractivity contribution in [3.63, 3.8) is 0 Å². The molecule has 1 aromatic carbocycles. The van der Waals surface area contributed by atoms with E-state index in [1.807, 2.05) is 30.3 Å². The van der Waals surface area contributed by atoms with Crippen molar-refractivity contribution in [2.45, 2.75) is 39.3 Å². The van der Waals surface area contributed by atoms with Gasteiger partial charge in [0.1, 0.15) is 5.76 Å². The molecular formula is C18H25NO3. The number of nitrogens with one attached hydrogen (secondary N) is 1. The van der Waals surface area contributed by atoms with E-state index in [0.29, 0.717) is 6.54 Å². The predicted molar refractivity (Wildman–Crippen MR) is 87.3 cm³/mol. The van der Waals surface area contributed by atoms with E-state index in [-0.39, 0.29) is 0 Å². The van der Waals surface area contributed by atoms with Crippen molar-refractivity contribution < 1.29 is 13.9 Å². The summed E-state index contributed by atoms with van der Waals surface area (Å²) in [5, 5.41) is 3.36. The zero-order valence-electron chi connectivity index (χ0n) is 13.4. The van der Waals surface area contributed by atoms with Crippen LogP contribution in [-0.4, -0.2) is 13.7 Å². The third-order valence-corrected chi connectivity index (χ3v) is 3.44. The summed E-state index contributed by atoms with van der Waals surface area (Å²) in [7, 11) is 1.67. The first-order chi connectivity index (χ1) is 10.8.